The molecule has 0 atom stereocenters. The average Bonchev–Trinajstić information content (AvgIpc) is 2.34. The van der Waals surface area contributed by atoms with Crippen LogP contribution in [0.1, 0.15) is 32.3 Å². The summed E-state index contributed by atoms with van der Waals surface area (Å²) in [6.07, 6.45) is 2.23. The van der Waals surface area contributed by atoms with Crippen LogP contribution in [0.3, 0.4) is 0 Å². The van der Waals surface area contributed by atoms with E-state index in [-0.39, 0.29) is 18.3 Å². The molecule has 116 valence electrons. The van der Waals surface area contributed by atoms with Crippen LogP contribution in [0, 0.1) is 6.92 Å². The molecule has 21 heavy (non-hydrogen) atoms. The largest absolute Gasteiger partial charge is 0.359 e. The first-order chi connectivity index (χ1) is 9.65. The van der Waals surface area contributed by atoms with E-state index in [2.05, 4.69) is 10.7 Å². The highest BCUT2D eigenvalue weighted by atomic mass is 31.2. The zero-order valence-corrected chi connectivity index (χ0v) is 13.1. The molecule has 0 spiro atoms. The van der Waals surface area contributed by atoms with Gasteiger partial charge in [0.25, 0.3) is 5.56 Å². The summed E-state index contributed by atoms with van der Waals surface area (Å²) in [4.78, 5) is 43.6. The highest BCUT2D eigenvalue weighted by Crippen LogP contribution is 2.46. The molecular weight excluding hydrogens is 295 g/mol. The summed E-state index contributed by atoms with van der Waals surface area (Å²) in [6, 6.07) is 0. The minimum absolute atomic E-state index is 0.0725. The maximum Gasteiger partial charge on any atom is 0.359 e. The molecule has 0 saturated carbocycles. The third kappa shape index (κ3) is 4.99. The third-order valence-corrected chi connectivity index (χ3v) is 3.83. The van der Waals surface area contributed by atoms with Crippen molar-refractivity contribution >= 4 is 7.60 Å². The molecule has 0 saturated heterocycles. The van der Waals surface area contributed by atoms with Gasteiger partial charge in [0.05, 0.1) is 11.9 Å². The molecule has 0 fully saturated rings. The quantitative estimate of drug-likeness (QED) is 0.559. The molecule has 0 bridgehead atoms. The Kier molecular flexibility index (Phi) is 5.70. The van der Waals surface area contributed by atoms with Crippen LogP contribution in [0.25, 0.3) is 0 Å². The summed E-state index contributed by atoms with van der Waals surface area (Å²) in [5.41, 5.74) is 2.55. The van der Waals surface area contributed by atoms with E-state index in [0.717, 1.165) is 0 Å². The van der Waals surface area contributed by atoms with Crippen molar-refractivity contribution in [2.75, 3.05) is 0 Å². The molecule has 0 aliphatic rings. The lowest BCUT2D eigenvalue weighted by molar-refractivity contribution is 0.380. The van der Waals surface area contributed by atoms with Gasteiger partial charge < -0.3 is 9.79 Å². The Morgan fingerprint density at radius 1 is 1.43 bits per heavy atom. The molecule has 0 aliphatic heterocycles. The van der Waals surface area contributed by atoms with E-state index in [4.69, 9.17) is 0 Å². The van der Waals surface area contributed by atoms with Crippen LogP contribution in [0.4, 0.5) is 0 Å². The van der Waals surface area contributed by atoms with Gasteiger partial charge in [-0.3, -0.25) is 18.9 Å². The summed E-state index contributed by atoms with van der Waals surface area (Å²) in [6.45, 7) is 5.10. The zero-order valence-electron chi connectivity index (χ0n) is 12.2. The summed E-state index contributed by atoms with van der Waals surface area (Å²) >= 11 is 0. The third-order valence-electron chi connectivity index (χ3n) is 2.79. The summed E-state index contributed by atoms with van der Waals surface area (Å²) in [7, 11) is -4.34. The highest BCUT2D eigenvalue weighted by Gasteiger charge is 2.19. The standard InChI is InChI=1S/C13H19N2O5P/c1-4-5-11(21(18,19)20)6-9(2)7-15-8-10(3)12(16)14-13(15)17/h8H,4-5,7H2,1-3H3,(H,14,16,17)(H2,18,19,20). The lowest BCUT2D eigenvalue weighted by Gasteiger charge is -2.07. The molecule has 7 nitrogen and oxygen atoms in total. The molecule has 0 radical (unpaired) electrons. The van der Waals surface area contributed by atoms with Gasteiger partial charge in [0, 0.05) is 11.8 Å². The second-order valence-electron chi connectivity index (χ2n) is 4.85. The van der Waals surface area contributed by atoms with Crippen LogP contribution in [0.15, 0.2) is 32.4 Å². The predicted molar refractivity (Wildman–Crippen MR) is 79.2 cm³/mol. The Balaban J connectivity index is 3.26. The monoisotopic (exact) mass is 314 g/mol. The molecule has 0 amide bonds. The summed E-state index contributed by atoms with van der Waals surface area (Å²) in [5.74, 6) is 0. The van der Waals surface area contributed by atoms with Crippen LogP contribution in [-0.4, -0.2) is 19.3 Å². The first-order valence-corrected chi connectivity index (χ1v) is 8.08. The molecule has 3 N–H and O–H groups in total. The molecule has 0 aromatic carbocycles. The molecule has 1 heterocycles. The number of nitrogens with one attached hydrogen (secondary N) is 1. The number of hydrogen-bond acceptors (Lipinski definition) is 3. The fraction of sp³-hybridized carbons (Fsp3) is 0.462. The van der Waals surface area contributed by atoms with E-state index in [1.807, 2.05) is 6.92 Å². The normalized spacial score (nSPS) is 11.1. The smallest absolute Gasteiger partial charge is 0.321 e. The number of H-pyrrole nitrogens is 1. The predicted octanol–water partition coefficient (Wildman–Crippen LogP) is 1.25. The first-order valence-electron chi connectivity index (χ1n) is 6.47. The topological polar surface area (TPSA) is 112 Å². The van der Waals surface area contributed by atoms with Gasteiger partial charge in [-0.15, -0.1) is 5.73 Å². The summed E-state index contributed by atoms with van der Waals surface area (Å²) in [5, 5.41) is -0.0725. The van der Waals surface area contributed by atoms with Crippen LogP contribution in [0.2, 0.25) is 0 Å². The van der Waals surface area contributed by atoms with Gasteiger partial charge in [0.1, 0.15) is 0 Å². The van der Waals surface area contributed by atoms with Crippen LogP contribution < -0.4 is 11.2 Å². The lowest BCUT2D eigenvalue weighted by Crippen LogP contribution is -2.31. The van der Waals surface area contributed by atoms with Crippen molar-refractivity contribution in [3.05, 3.63) is 49.2 Å². The van der Waals surface area contributed by atoms with E-state index in [9.17, 15) is 23.9 Å². The van der Waals surface area contributed by atoms with E-state index < -0.39 is 18.8 Å². The van der Waals surface area contributed by atoms with Crippen molar-refractivity contribution in [3.63, 3.8) is 0 Å². The highest BCUT2D eigenvalue weighted by molar-refractivity contribution is 7.56. The zero-order chi connectivity index (χ0) is 16.2. The van der Waals surface area contributed by atoms with Crippen molar-refractivity contribution in [1.82, 2.24) is 9.55 Å². The number of aryl methyl sites for hydroxylation is 1. The van der Waals surface area contributed by atoms with Crippen molar-refractivity contribution in [1.29, 1.82) is 0 Å². The first kappa shape index (κ1) is 17.4. The Labute approximate surface area is 121 Å². The Morgan fingerprint density at radius 2 is 2.05 bits per heavy atom. The fourth-order valence-corrected chi connectivity index (χ4v) is 2.65. The molecule has 1 rings (SSSR count). The van der Waals surface area contributed by atoms with Crippen molar-refractivity contribution in [2.24, 2.45) is 0 Å². The van der Waals surface area contributed by atoms with Crippen LogP contribution in [-0.2, 0) is 11.1 Å². The number of allylic oxidation sites excluding steroid dienone is 1. The lowest BCUT2D eigenvalue weighted by atomic mass is 10.2. The number of aromatic nitrogens is 2. The van der Waals surface area contributed by atoms with Crippen molar-refractivity contribution < 1.29 is 14.4 Å². The Bertz CT molecular complexity index is 747. The van der Waals surface area contributed by atoms with E-state index in [1.165, 1.54) is 10.8 Å². The van der Waals surface area contributed by atoms with E-state index in [1.54, 1.807) is 13.8 Å². The second-order valence-corrected chi connectivity index (χ2v) is 6.47. The minimum atomic E-state index is -4.34. The second kappa shape index (κ2) is 6.87. The number of nitrogens with zero attached hydrogens (tertiary/aromatic N) is 1. The van der Waals surface area contributed by atoms with Crippen LogP contribution in [0.5, 0.6) is 0 Å². The maximum absolute atomic E-state index is 11.6. The molecule has 8 heteroatoms. The van der Waals surface area contributed by atoms with Gasteiger partial charge in [0.2, 0.25) is 0 Å². The molecule has 0 aliphatic carbocycles. The SMILES string of the molecule is CCCC(=C=C(C)Cn1cc(C)c(=O)[nH]c1=O)P(=O)(O)O. The van der Waals surface area contributed by atoms with Gasteiger partial charge in [-0.25, -0.2) is 4.79 Å². The molecular formula is C13H19N2O5P. The Hall–Kier alpha value is -1.65. The average molecular weight is 314 g/mol. The van der Waals surface area contributed by atoms with Gasteiger partial charge in [-0.1, -0.05) is 13.3 Å². The van der Waals surface area contributed by atoms with E-state index in [0.29, 0.717) is 17.6 Å². The number of rotatable bonds is 5. The van der Waals surface area contributed by atoms with Crippen molar-refractivity contribution in [3.8, 4) is 0 Å². The number of hydrogen-bond donors (Lipinski definition) is 3. The Morgan fingerprint density at radius 3 is 2.57 bits per heavy atom. The molecule has 0 unspecified atom stereocenters. The van der Waals surface area contributed by atoms with Gasteiger partial charge in [0.15, 0.2) is 0 Å². The molecule has 1 aromatic rings. The minimum Gasteiger partial charge on any atom is -0.321 e. The fourth-order valence-electron chi connectivity index (χ4n) is 1.80. The maximum atomic E-state index is 11.6. The van der Waals surface area contributed by atoms with E-state index >= 15 is 0 Å². The summed E-state index contributed by atoms with van der Waals surface area (Å²) < 4.78 is 12.6. The van der Waals surface area contributed by atoms with Crippen molar-refractivity contribution in [2.45, 2.75) is 40.2 Å². The van der Waals surface area contributed by atoms with Crippen LogP contribution >= 0.6 is 7.60 Å². The molecule has 1 aromatic heterocycles. The van der Waals surface area contributed by atoms with Gasteiger partial charge in [-0.05, 0) is 25.8 Å². The van der Waals surface area contributed by atoms with Gasteiger partial charge in [-0.2, -0.15) is 0 Å². The number of aromatic amines is 1. The van der Waals surface area contributed by atoms with Gasteiger partial charge >= 0.3 is 13.3 Å².